The lowest BCUT2D eigenvalue weighted by Gasteiger charge is -2.03. The summed E-state index contributed by atoms with van der Waals surface area (Å²) in [6.45, 7) is 0. The molecule has 3 rings (SSSR count). The molecule has 0 bridgehead atoms. The van der Waals surface area contributed by atoms with Crippen molar-refractivity contribution in [2.75, 3.05) is 0 Å². The largest absolute Gasteiger partial charge is 0.456 e. The number of benzene rings is 1. The summed E-state index contributed by atoms with van der Waals surface area (Å²) in [4.78, 5) is 4.17. The van der Waals surface area contributed by atoms with Crippen molar-refractivity contribution in [2.45, 2.75) is 6.04 Å². The van der Waals surface area contributed by atoms with Crippen LogP contribution in [-0.4, -0.2) is 9.55 Å². The van der Waals surface area contributed by atoms with Gasteiger partial charge in [-0.15, -0.1) is 0 Å². The lowest BCUT2D eigenvalue weighted by atomic mass is 10.1. The normalized spacial score (nSPS) is 13.1. The molecule has 0 saturated heterocycles. The number of nitrogens with zero attached hydrogens (tertiary/aromatic N) is 2. The van der Waals surface area contributed by atoms with Gasteiger partial charge in [0.15, 0.2) is 11.4 Å². The summed E-state index contributed by atoms with van der Waals surface area (Å²) in [5.41, 5.74) is 6.98. The molecule has 92 valence electrons. The number of aromatic nitrogens is 2. The molecule has 4 nitrogen and oxygen atoms in total. The molecule has 0 spiro atoms. The minimum absolute atomic E-state index is 0.235. The fourth-order valence-corrected chi connectivity index (χ4v) is 1.94. The number of rotatable bonds is 2. The zero-order valence-electron chi connectivity index (χ0n) is 9.80. The van der Waals surface area contributed by atoms with E-state index in [1.54, 1.807) is 29.1 Å². The first-order valence-corrected chi connectivity index (χ1v) is 5.56. The Hall–Kier alpha value is -2.14. The van der Waals surface area contributed by atoms with Gasteiger partial charge in [-0.2, -0.15) is 0 Å². The first kappa shape index (κ1) is 11.0. The van der Waals surface area contributed by atoms with Crippen LogP contribution in [0, 0.1) is 5.82 Å². The van der Waals surface area contributed by atoms with E-state index in [0.717, 1.165) is 0 Å². The molecule has 0 amide bonds. The second kappa shape index (κ2) is 3.96. The number of para-hydroxylation sites is 1. The molecule has 2 N–H and O–H groups in total. The molecule has 3 aromatic rings. The van der Waals surface area contributed by atoms with Crippen molar-refractivity contribution < 1.29 is 8.81 Å². The van der Waals surface area contributed by atoms with Crippen molar-refractivity contribution >= 4 is 11.0 Å². The second-order valence-electron chi connectivity index (χ2n) is 4.25. The zero-order valence-corrected chi connectivity index (χ0v) is 9.80. The van der Waals surface area contributed by atoms with Crippen LogP contribution < -0.4 is 5.73 Å². The van der Waals surface area contributed by atoms with Crippen LogP contribution >= 0.6 is 0 Å². The van der Waals surface area contributed by atoms with Crippen molar-refractivity contribution in [1.82, 2.24) is 9.55 Å². The second-order valence-corrected chi connectivity index (χ2v) is 4.25. The standard InChI is InChI=1S/C13H12FN3O/c1-17-6-10(16-7-17)12(15)11-5-8-3-2-4-9(14)13(8)18-11/h2-7,12H,15H2,1H3. The van der Waals surface area contributed by atoms with Gasteiger partial charge in [0.2, 0.25) is 0 Å². The first-order valence-electron chi connectivity index (χ1n) is 5.56. The number of imidazole rings is 1. The van der Waals surface area contributed by atoms with Crippen molar-refractivity contribution in [1.29, 1.82) is 0 Å². The van der Waals surface area contributed by atoms with Crippen molar-refractivity contribution in [3.8, 4) is 0 Å². The molecule has 0 aliphatic carbocycles. The Morgan fingerprint density at radius 3 is 2.94 bits per heavy atom. The van der Waals surface area contributed by atoms with Crippen LogP contribution in [0.15, 0.2) is 41.2 Å². The van der Waals surface area contributed by atoms with Gasteiger partial charge >= 0.3 is 0 Å². The Labute approximate surface area is 103 Å². The molecule has 0 fully saturated rings. The van der Waals surface area contributed by atoms with Gasteiger partial charge in [-0.05, 0) is 12.1 Å². The van der Waals surface area contributed by atoms with Crippen molar-refractivity contribution in [3.05, 3.63) is 54.1 Å². The average Bonchev–Trinajstić information content (AvgIpc) is 2.95. The van der Waals surface area contributed by atoms with E-state index in [1.165, 1.54) is 6.07 Å². The number of nitrogens with two attached hydrogens (primary N) is 1. The summed E-state index contributed by atoms with van der Waals surface area (Å²) in [7, 11) is 1.86. The van der Waals surface area contributed by atoms with E-state index < -0.39 is 6.04 Å². The molecule has 2 aromatic heterocycles. The predicted octanol–water partition coefficient (Wildman–Crippen LogP) is 2.35. The fraction of sp³-hybridized carbons (Fsp3) is 0.154. The molecule has 18 heavy (non-hydrogen) atoms. The van der Waals surface area contributed by atoms with Gasteiger partial charge in [0.25, 0.3) is 0 Å². The zero-order chi connectivity index (χ0) is 12.7. The molecule has 1 aromatic carbocycles. The molecule has 1 atom stereocenters. The third-order valence-corrected chi connectivity index (χ3v) is 2.87. The lowest BCUT2D eigenvalue weighted by Crippen LogP contribution is -2.11. The Kier molecular flexibility index (Phi) is 2.41. The predicted molar refractivity (Wildman–Crippen MR) is 65.4 cm³/mol. The summed E-state index contributed by atoms with van der Waals surface area (Å²) >= 11 is 0. The van der Waals surface area contributed by atoms with Gasteiger partial charge in [0, 0.05) is 18.6 Å². The number of aryl methyl sites for hydroxylation is 1. The summed E-state index contributed by atoms with van der Waals surface area (Å²) < 4.78 is 20.8. The Balaban J connectivity index is 2.06. The van der Waals surface area contributed by atoms with E-state index >= 15 is 0 Å². The van der Waals surface area contributed by atoms with E-state index in [4.69, 9.17) is 10.2 Å². The molecule has 2 heterocycles. The van der Waals surface area contributed by atoms with Crippen LogP contribution in [0.25, 0.3) is 11.0 Å². The molecule has 0 radical (unpaired) electrons. The summed E-state index contributed by atoms with van der Waals surface area (Å²) in [5, 5.41) is 0.705. The number of hydrogen-bond donors (Lipinski definition) is 1. The van der Waals surface area contributed by atoms with Gasteiger partial charge in [-0.25, -0.2) is 9.37 Å². The molecular formula is C13H12FN3O. The van der Waals surface area contributed by atoms with Crippen LogP contribution in [0.1, 0.15) is 17.5 Å². The highest BCUT2D eigenvalue weighted by Gasteiger charge is 2.17. The lowest BCUT2D eigenvalue weighted by molar-refractivity contribution is 0.499. The topological polar surface area (TPSA) is 57.0 Å². The van der Waals surface area contributed by atoms with Gasteiger partial charge in [-0.1, -0.05) is 12.1 Å². The third-order valence-electron chi connectivity index (χ3n) is 2.87. The number of fused-ring (bicyclic) bond motifs is 1. The van der Waals surface area contributed by atoms with Crippen LogP contribution in [0.3, 0.4) is 0 Å². The van der Waals surface area contributed by atoms with E-state index in [2.05, 4.69) is 4.98 Å². The number of halogens is 1. The highest BCUT2D eigenvalue weighted by atomic mass is 19.1. The van der Waals surface area contributed by atoms with Crippen molar-refractivity contribution in [2.24, 2.45) is 12.8 Å². The van der Waals surface area contributed by atoms with Crippen LogP contribution in [0.4, 0.5) is 4.39 Å². The molecular weight excluding hydrogens is 233 g/mol. The molecule has 0 aliphatic rings. The van der Waals surface area contributed by atoms with E-state index in [9.17, 15) is 4.39 Å². The quantitative estimate of drug-likeness (QED) is 0.754. The fourth-order valence-electron chi connectivity index (χ4n) is 1.94. The number of furan rings is 1. The molecule has 0 aliphatic heterocycles. The maximum atomic E-state index is 13.5. The maximum Gasteiger partial charge on any atom is 0.169 e. The van der Waals surface area contributed by atoms with Crippen LogP contribution in [0.2, 0.25) is 0 Å². The van der Waals surface area contributed by atoms with Gasteiger partial charge in [-0.3, -0.25) is 0 Å². The van der Waals surface area contributed by atoms with E-state index in [-0.39, 0.29) is 11.4 Å². The summed E-state index contributed by atoms with van der Waals surface area (Å²) in [6.07, 6.45) is 3.48. The van der Waals surface area contributed by atoms with Gasteiger partial charge in [0.05, 0.1) is 12.0 Å². The molecule has 5 heteroatoms. The maximum absolute atomic E-state index is 13.5. The summed E-state index contributed by atoms with van der Waals surface area (Å²) in [6, 6.07) is 6.05. The van der Waals surface area contributed by atoms with Crippen LogP contribution in [0.5, 0.6) is 0 Å². The SMILES string of the molecule is Cn1cnc(C(N)c2cc3cccc(F)c3o2)c1. The average molecular weight is 245 g/mol. The van der Waals surface area contributed by atoms with E-state index in [0.29, 0.717) is 16.8 Å². The first-order chi connectivity index (χ1) is 8.65. The van der Waals surface area contributed by atoms with Gasteiger partial charge < -0.3 is 14.7 Å². The number of hydrogen-bond acceptors (Lipinski definition) is 3. The highest BCUT2D eigenvalue weighted by Crippen LogP contribution is 2.27. The van der Waals surface area contributed by atoms with Gasteiger partial charge in [0.1, 0.15) is 11.8 Å². The monoisotopic (exact) mass is 245 g/mol. The Morgan fingerprint density at radius 2 is 2.28 bits per heavy atom. The highest BCUT2D eigenvalue weighted by molar-refractivity contribution is 5.78. The smallest absolute Gasteiger partial charge is 0.169 e. The Morgan fingerprint density at radius 1 is 1.44 bits per heavy atom. The third kappa shape index (κ3) is 1.69. The molecule has 0 saturated carbocycles. The summed E-state index contributed by atoms with van der Waals surface area (Å²) in [5.74, 6) is 0.126. The molecule has 1 unspecified atom stereocenters. The minimum Gasteiger partial charge on any atom is -0.456 e. The Bertz CT molecular complexity index is 701. The van der Waals surface area contributed by atoms with Crippen molar-refractivity contribution in [3.63, 3.8) is 0 Å². The minimum atomic E-state index is -0.488. The van der Waals surface area contributed by atoms with E-state index in [1.807, 2.05) is 13.2 Å². The van der Waals surface area contributed by atoms with Crippen LogP contribution in [-0.2, 0) is 7.05 Å².